The highest BCUT2D eigenvalue weighted by Gasteiger charge is 2.39. The predicted octanol–water partition coefficient (Wildman–Crippen LogP) is 2.98. The first-order valence-corrected chi connectivity index (χ1v) is 9.72. The second-order valence-corrected chi connectivity index (χ2v) is 7.14. The number of hydrogen-bond acceptors (Lipinski definition) is 5. The molecule has 27 heavy (non-hydrogen) atoms. The largest absolute Gasteiger partial charge is 0.491 e. The van der Waals surface area contributed by atoms with E-state index in [0.29, 0.717) is 36.8 Å². The van der Waals surface area contributed by atoms with Crippen LogP contribution in [0.25, 0.3) is 0 Å². The van der Waals surface area contributed by atoms with Gasteiger partial charge in [-0.1, -0.05) is 42.0 Å². The molecular formula is C21H29ClO5. The summed E-state index contributed by atoms with van der Waals surface area (Å²) < 4.78 is 10.8. The molecule has 2 rings (SSSR count). The molecular weight excluding hydrogens is 368 g/mol. The van der Waals surface area contributed by atoms with Gasteiger partial charge in [0.25, 0.3) is 0 Å². The maximum absolute atomic E-state index is 10.2. The number of allylic oxidation sites excluding steroid dienone is 1. The van der Waals surface area contributed by atoms with Crippen LogP contribution in [0.2, 0.25) is 5.02 Å². The normalized spacial score (nSPS) is 26.9. The number of ether oxygens (including phenoxy) is 2. The quantitative estimate of drug-likeness (QED) is 0.418. The fraction of sp³-hybridized carbons (Fsp3) is 0.524. The minimum absolute atomic E-state index is 0.0845. The van der Waals surface area contributed by atoms with E-state index < -0.39 is 18.3 Å². The summed E-state index contributed by atoms with van der Waals surface area (Å²) in [6, 6.07) is 6.98. The van der Waals surface area contributed by atoms with Gasteiger partial charge in [0.05, 0.1) is 18.8 Å². The van der Waals surface area contributed by atoms with Gasteiger partial charge in [0.15, 0.2) is 0 Å². The molecule has 0 spiro atoms. The van der Waals surface area contributed by atoms with Gasteiger partial charge in [-0.25, -0.2) is 0 Å². The zero-order chi connectivity index (χ0) is 19.6. The van der Waals surface area contributed by atoms with Crippen molar-refractivity contribution in [2.45, 2.75) is 38.1 Å². The van der Waals surface area contributed by atoms with Crippen LogP contribution < -0.4 is 4.74 Å². The Morgan fingerprint density at radius 1 is 1.26 bits per heavy atom. The Hall–Kier alpha value is -1.37. The highest BCUT2D eigenvalue weighted by atomic mass is 35.5. The fourth-order valence-corrected chi connectivity index (χ4v) is 3.44. The first-order valence-electron chi connectivity index (χ1n) is 9.35. The Balaban J connectivity index is 1.86. The van der Waals surface area contributed by atoms with E-state index in [1.165, 1.54) is 0 Å². The molecule has 0 aromatic heterocycles. The summed E-state index contributed by atoms with van der Waals surface area (Å²) in [5.41, 5.74) is 0. The monoisotopic (exact) mass is 396 g/mol. The third kappa shape index (κ3) is 7.28. The van der Waals surface area contributed by atoms with Crippen molar-refractivity contribution >= 4 is 11.6 Å². The van der Waals surface area contributed by atoms with Crippen LogP contribution >= 0.6 is 11.6 Å². The maximum atomic E-state index is 10.2. The molecule has 3 N–H and O–H groups in total. The van der Waals surface area contributed by atoms with Crippen molar-refractivity contribution in [2.75, 3.05) is 19.8 Å². The molecule has 5 unspecified atom stereocenters. The Labute approximate surface area is 165 Å². The molecule has 1 aromatic carbocycles. The molecule has 0 amide bonds. The molecule has 0 radical (unpaired) electrons. The van der Waals surface area contributed by atoms with Crippen molar-refractivity contribution in [3.05, 3.63) is 53.6 Å². The van der Waals surface area contributed by atoms with Crippen molar-refractivity contribution in [1.82, 2.24) is 0 Å². The molecule has 0 aliphatic heterocycles. The van der Waals surface area contributed by atoms with Gasteiger partial charge in [0, 0.05) is 24.0 Å². The van der Waals surface area contributed by atoms with E-state index in [1.54, 1.807) is 36.4 Å². The average molecular weight is 397 g/mol. The molecule has 0 heterocycles. The van der Waals surface area contributed by atoms with Crippen LogP contribution in [0, 0.1) is 11.8 Å². The molecule has 6 heteroatoms. The maximum Gasteiger partial charge on any atom is 0.120 e. The lowest BCUT2D eigenvalue weighted by atomic mass is 9.90. The summed E-state index contributed by atoms with van der Waals surface area (Å²) in [7, 11) is 0. The summed E-state index contributed by atoms with van der Waals surface area (Å²) in [4.78, 5) is 0. The average Bonchev–Trinajstić information content (AvgIpc) is 2.91. The third-order valence-electron chi connectivity index (χ3n) is 4.68. The Morgan fingerprint density at radius 2 is 2.07 bits per heavy atom. The molecule has 0 saturated heterocycles. The lowest BCUT2D eigenvalue weighted by Gasteiger charge is -2.19. The lowest BCUT2D eigenvalue weighted by Crippen LogP contribution is -2.21. The van der Waals surface area contributed by atoms with Gasteiger partial charge in [0.2, 0.25) is 0 Å². The van der Waals surface area contributed by atoms with E-state index in [9.17, 15) is 15.3 Å². The number of benzene rings is 1. The van der Waals surface area contributed by atoms with Crippen LogP contribution in [-0.4, -0.2) is 53.5 Å². The molecule has 1 aromatic rings. The first-order chi connectivity index (χ1) is 13.0. The topological polar surface area (TPSA) is 79.2 Å². The van der Waals surface area contributed by atoms with Crippen molar-refractivity contribution in [1.29, 1.82) is 0 Å². The van der Waals surface area contributed by atoms with Crippen LogP contribution in [0.5, 0.6) is 5.75 Å². The second kappa shape index (κ2) is 11.5. The van der Waals surface area contributed by atoms with Gasteiger partial charge in [-0.15, -0.1) is 0 Å². The molecule has 5 atom stereocenters. The highest BCUT2D eigenvalue weighted by molar-refractivity contribution is 6.30. The van der Waals surface area contributed by atoms with Crippen molar-refractivity contribution < 1.29 is 24.8 Å². The predicted molar refractivity (Wildman–Crippen MR) is 106 cm³/mol. The van der Waals surface area contributed by atoms with Gasteiger partial charge in [-0.05, 0) is 37.5 Å². The Bertz CT molecular complexity index is 618. The number of aliphatic hydroxyl groups is 3. The van der Waals surface area contributed by atoms with E-state index in [2.05, 4.69) is 0 Å². The molecule has 1 aliphatic carbocycles. The van der Waals surface area contributed by atoms with Gasteiger partial charge < -0.3 is 24.8 Å². The minimum Gasteiger partial charge on any atom is -0.491 e. The number of rotatable bonds is 10. The summed E-state index contributed by atoms with van der Waals surface area (Å²) in [6.45, 7) is 3.23. The Morgan fingerprint density at radius 3 is 2.81 bits per heavy atom. The van der Waals surface area contributed by atoms with Crippen LogP contribution in [0.1, 0.15) is 19.8 Å². The van der Waals surface area contributed by atoms with Gasteiger partial charge >= 0.3 is 0 Å². The van der Waals surface area contributed by atoms with E-state index in [0.717, 1.165) is 0 Å². The zero-order valence-corrected chi connectivity index (χ0v) is 16.3. The molecule has 1 fully saturated rings. The number of hydrogen-bond donors (Lipinski definition) is 3. The smallest absolute Gasteiger partial charge is 0.120 e. The lowest BCUT2D eigenvalue weighted by molar-refractivity contribution is 0.120. The van der Waals surface area contributed by atoms with Crippen molar-refractivity contribution in [3.8, 4) is 5.75 Å². The van der Waals surface area contributed by atoms with Crippen LogP contribution in [0.3, 0.4) is 0 Å². The zero-order valence-electron chi connectivity index (χ0n) is 15.6. The van der Waals surface area contributed by atoms with Gasteiger partial charge in [-0.3, -0.25) is 0 Å². The first kappa shape index (κ1) is 21.9. The molecule has 1 saturated carbocycles. The van der Waals surface area contributed by atoms with Gasteiger partial charge in [0.1, 0.15) is 18.5 Å². The second-order valence-electron chi connectivity index (χ2n) is 6.70. The molecule has 5 nitrogen and oxygen atoms in total. The summed E-state index contributed by atoms with van der Waals surface area (Å²) in [5.74, 6) is 0.288. The van der Waals surface area contributed by atoms with Gasteiger partial charge in [-0.2, -0.15) is 0 Å². The highest BCUT2D eigenvalue weighted by Crippen LogP contribution is 2.36. The SMILES string of the molecule is CCOC/C=C/CC1C(O)CC(O)C1/C=C/C(O)COc1cccc(Cl)c1. The van der Waals surface area contributed by atoms with Crippen molar-refractivity contribution in [3.63, 3.8) is 0 Å². The number of halogens is 1. The third-order valence-corrected chi connectivity index (χ3v) is 4.92. The standard InChI is InChI=1S/C21H29ClO5/c1-2-26-11-4-3-8-18-19(21(25)13-20(18)24)10-9-16(23)14-27-17-7-5-6-15(22)12-17/h3-7,9-10,12,16,18-21,23-25H,2,8,11,13-14H2,1H3/b4-3+,10-9+. The minimum atomic E-state index is -0.817. The summed E-state index contributed by atoms with van der Waals surface area (Å²) >= 11 is 5.90. The van der Waals surface area contributed by atoms with Crippen LogP contribution in [0.4, 0.5) is 0 Å². The van der Waals surface area contributed by atoms with E-state index in [1.807, 2.05) is 19.1 Å². The molecule has 150 valence electrons. The van der Waals surface area contributed by atoms with Crippen LogP contribution in [-0.2, 0) is 4.74 Å². The van der Waals surface area contributed by atoms with Crippen molar-refractivity contribution in [2.24, 2.45) is 11.8 Å². The van der Waals surface area contributed by atoms with Crippen LogP contribution in [0.15, 0.2) is 48.6 Å². The Kier molecular flexibility index (Phi) is 9.31. The number of aliphatic hydroxyl groups excluding tert-OH is 3. The summed E-state index contributed by atoms with van der Waals surface area (Å²) in [6.07, 6.45) is 6.29. The van der Waals surface area contributed by atoms with E-state index >= 15 is 0 Å². The fourth-order valence-electron chi connectivity index (χ4n) is 3.26. The molecule has 0 bridgehead atoms. The summed E-state index contributed by atoms with van der Waals surface area (Å²) in [5, 5.41) is 31.2. The molecule has 1 aliphatic rings. The van der Waals surface area contributed by atoms with E-state index in [4.69, 9.17) is 21.1 Å². The van der Waals surface area contributed by atoms with E-state index in [-0.39, 0.29) is 18.4 Å².